The van der Waals surface area contributed by atoms with Gasteiger partial charge in [0.25, 0.3) is 0 Å². The third kappa shape index (κ3) is 4.40. The zero-order valence-electron chi connectivity index (χ0n) is 12.6. The zero-order valence-corrected chi connectivity index (χ0v) is 13.4. The summed E-state index contributed by atoms with van der Waals surface area (Å²) in [4.78, 5) is 2.27. The van der Waals surface area contributed by atoms with Crippen LogP contribution in [0.5, 0.6) is 5.75 Å². The Bertz CT molecular complexity index is 544. The van der Waals surface area contributed by atoms with Crippen LogP contribution in [-0.2, 0) is 0 Å². The molecule has 3 heteroatoms. The van der Waals surface area contributed by atoms with Crippen molar-refractivity contribution in [2.24, 2.45) is 0 Å². The van der Waals surface area contributed by atoms with E-state index in [1.807, 2.05) is 30.3 Å². The quantitative estimate of drug-likeness (QED) is 0.637. The summed E-state index contributed by atoms with van der Waals surface area (Å²) < 4.78 is 6.05. The minimum Gasteiger partial charge on any atom is -0.469 e. The number of halogens is 1. The molecule has 2 aromatic carbocycles. The van der Waals surface area contributed by atoms with Gasteiger partial charge in [-0.05, 0) is 37.6 Å². The third-order valence-electron chi connectivity index (χ3n) is 3.41. The molecule has 0 amide bonds. The fraction of sp³-hybridized carbons (Fsp3) is 0.333. The van der Waals surface area contributed by atoms with Gasteiger partial charge in [0.05, 0.1) is 5.02 Å². The van der Waals surface area contributed by atoms with Gasteiger partial charge in [0, 0.05) is 12.2 Å². The Morgan fingerprint density at radius 2 is 1.71 bits per heavy atom. The lowest BCUT2D eigenvalue weighted by molar-refractivity contribution is 0.214. The number of ether oxygens (including phenoxy) is 1. The van der Waals surface area contributed by atoms with E-state index in [-0.39, 0.29) is 6.23 Å². The molecular weight excluding hydrogens is 282 g/mol. The molecule has 0 aliphatic heterocycles. The Balaban J connectivity index is 2.14. The molecule has 0 aromatic heterocycles. The van der Waals surface area contributed by atoms with E-state index in [0.29, 0.717) is 5.02 Å². The predicted molar refractivity (Wildman–Crippen MR) is 90.2 cm³/mol. The van der Waals surface area contributed by atoms with Gasteiger partial charge in [-0.3, -0.25) is 0 Å². The Morgan fingerprint density at radius 3 is 2.38 bits per heavy atom. The van der Waals surface area contributed by atoms with E-state index in [0.717, 1.165) is 25.1 Å². The van der Waals surface area contributed by atoms with Crippen LogP contribution in [0.25, 0.3) is 0 Å². The first-order chi connectivity index (χ1) is 10.2. The first-order valence-electron chi connectivity index (χ1n) is 7.45. The van der Waals surface area contributed by atoms with Gasteiger partial charge in [-0.2, -0.15) is 0 Å². The third-order valence-corrected chi connectivity index (χ3v) is 3.73. The summed E-state index contributed by atoms with van der Waals surface area (Å²) in [5, 5.41) is 0.646. The maximum Gasteiger partial charge on any atom is 0.169 e. The smallest absolute Gasteiger partial charge is 0.169 e. The van der Waals surface area contributed by atoms with Crippen LogP contribution in [0.15, 0.2) is 54.6 Å². The second kappa shape index (κ2) is 7.94. The van der Waals surface area contributed by atoms with Crippen molar-refractivity contribution in [1.82, 2.24) is 0 Å². The van der Waals surface area contributed by atoms with Crippen molar-refractivity contribution in [2.45, 2.75) is 32.9 Å². The molecule has 1 atom stereocenters. The molecule has 2 nitrogen and oxygen atoms in total. The second-order valence-electron chi connectivity index (χ2n) is 5.03. The molecule has 0 spiro atoms. The highest BCUT2D eigenvalue weighted by molar-refractivity contribution is 6.32. The molecule has 2 aromatic rings. The highest BCUT2D eigenvalue weighted by atomic mass is 35.5. The van der Waals surface area contributed by atoms with Crippen molar-refractivity contribution in [2.75, 3.05) is 11.4 Å². The fourth-order valence-electron chi connectivity index (χ4n) is 2.26. The minimum absolute atomic E-state index is 0.0705. The molecule has 21 heavy (non-hydrogen) atoms. The van der Waals surface area contributed by atoms with Crippen LogP contribution in [-0.4, -0.2) is 12.8 Å². The number of nitrogens with zero attached hydrogens (tertiary/aromatic N) is 1. The second-order valence-corrected chi connectivity index (χ2v) is 5.44. The first kappa shape index (κ1) is 15.7. The Morgan fingerprint density at radius 1 is 1.05 bits per heavy atom. The minimum atomic E-state index is -0.0705. The maximum atomic E-state index is 6.18. The van der Waals surface area contributed by atoms with Gasteiger partial charge in [0.2, 0.25) is 0 Å². The average Bonchev–Trinajstić information content (AvgIpc) is 2.51. The van der Waals surface area contributed by atoms with Gasteiger partial charge in [0.15, 0.2) is 6.23 Å². The van der Waals surface area contributed by atoms with Gasteiger partial charge >= 0.3 is 0 Å². The average molecular weight is 304 g/mol. The Labute approximate surface area is 132 Å². The largest absolute Gasteiger partial charge is 0.469 e. The summed E-state index contributed by atoms with van der Waals surface area (Å²) in [7, 11) is 0. The van der Waals surface area contributed by atoms with Gasteiger partial charge in [-0.15, -0.1) is 0 Å². The fourth-order valence-corrected chi connectivity index (χ4v) is 2.44. The van der Waals surface area contributed by atoms with E-state index < -0.39 is 0 Å². The number of para-hydroxylation sites is 2. The number of benzene rings is 2. The summed E-state index contributed by atoms with van der Waals surface area (Å²) in [6, 6.07) is 18.0. The molecule has 0 N–H and O–H groups in total. The predicted octanol–water partition coefficient (Wildman–Crippen LogP) is 5.37. The van der Waals surface area contributed by atoms with Crippen LogP contribution in [0.4, 0.5) is 5.69 Å². The first-order valence-corrected chi connectivity index (χ1v) is 7.83. The van der Waals surface area contributed by atoms with Crippen molar-refractivity contribution in [3.05, 3.63) is 59.6 Å². The molecule has 0 aliphatic rings. The lowest BCUT2D eigenvalue weighted by atomic mass is 10.2. The van der Waals surface area contributed by atoms with Crippen LogP contribution < -0.4 is 9.64 Å². The summed E-state index contributed by atoms with van der Waals surface area (Å²) in [6.45, 7) is 5.22. The van der Waals surface area contributed by atoms with Gasteiger partial charge < -0.3 is 9.64 Å². The molecule has 0 radical (unpaired) electrons. The van der Waals surface area contributed by atoms with Gasteiger partial charge in [-0.1, -0.05) is 55.3 Å². The molecule has 112 valence electrons. The van der Waals surface area contributed by atoms with E-state index in [2.05, 4.69) is 43.0 Å². The molecule has 0 bridgehead atoms. The van der Waals surface area contributed by atoms with Crippen LogP contribution in [0.3, 0.4) is 0 Å². The van der Waals surface area contributed by atoms with Crippen molar-refractivity contribution in [3.8, 4) is 5.75 Å². The highest BCUT2D eigenvalue weighted by Crippen LogP contribution is 2.26. The zero-order chi connectivity index (χ0) is 15.1. The van der Waals surface area contributed by atoms with Crippen LogP contribution >= 0.6 is 11.6 Å². The molecule has 0 aliphatic carbocycles. The molecule has 1 unspecified atom stereocenters. The molecule has 2 rings (SSSR count). The molecular formula is C18H22ClNO. The van der Waals surface area contributed by atoms with E-state index in [9.17, 15) is 0 Å². The highest BCUT2D eigenvalue weighted by Gasteiger charge is 2.16. The van der Waals surface area contributed by atoms with Gasteiger partial charge in [0.1, 0.15) is 5.75 Å². The van der Waals surface area contributed by atoms with Crippen molar-refractivity contribution in [1.29, 1.82) is 0 Å². The van der Waals surface area contributed by atoms with E-state index >= 15 is 0 Å². The molecule has 0 fully saturated rings. The summed E-state index contributed by atoms with van der Waals surface area (Å²) >= 11 is 6.18. The number of hydrogen-bond donors (Lipinski definition) is 0. The summed E-state index contributed by atoms with van der Waals surface area (Å²) in [5.41, 5.74) is 1.17. The monoisotopic (exact) mass is 303 g/mol. The lowest BCUT2D eigenvalue weighted by Crippen LogP contribution is -2.38. The van der Waals surface area contributed by atoms with Crippen LogP contribution in [0.1, 0.15) is 26.7 Å². The summed E-state index contributed by atoms with van der Waals surface area (Å²) in [5.74, 6) is 0.726. The number of anilines is 1. The molecule has 0 saturated carbocycles. The van der Waals surface area contributed by atoms with E-state index in [1.54, 1.807) is 0 Å². The van der Waals surface area contributed by atoms with Gasteiger partial charge in [-0.25, -0.2) is 0 Å². The molecule has 0 heterocycles. The Hall–Kier alpha value is -1.67. The van der Waals surface area contributed by atoms with Crippen molar-refractivity contribution in [3.63, 3.8) is 0 Å². The van der Waals surface area contributed by atoms with Crippen molar-refractivity contribution >= 4 is 17.3 Å². The van der Waals surface area contributed by atoms with E-state index in [1.165, 1.54) is 5.69 Å². The number of hydrogen-bond acceptors (Lipinski definition) is 2. The SMILES string of the molecule is CCCCN(c1ccccc1)C(C)Oc1ccccc1Cl. The Kier molecular flexibility index (Phi) is 5.94. The van der Waals surface area contributed by atoms with Crippen LogP contribution in [0.2, 0.25) is 5.02 Å². The number of rotatable bonds is 7. The molecule has 0 saturated heterocycles. The topological polar surface area (TPSA) is 12.5 Å². The maximum absolute atomic E-state index is 6.18. The standard InChI is InChI=1S/C18H22ClNO/c1-3-4-14-20(16-10-6-5-7-11-16)15(2)21-18-13-9-8-12-17(18)19/h5-13,15H,3-4,14H2,1-2H3. The lowest BCUT2D eigenvalue weighted by Gasteiger charge is -2.31. The normalized spacial score (nSPS) is 12.0. The van der Waals surface area contributed by atoms with Crippen LogP contribution in [0, 0.1) is 0 Å². The number of unbranched alkanes of at least 4 members (excludes halogenated alkanes) is 1. The van der Waals surface area contributed by atoms with E-state index in [4.69, 9.17) is 16.3 Å². The summed E-state index contributed by atoms with van der Waals surface area (Å²) in [6.07, 6.45) is 2.21. The van der Waals surface area contributed by atoms with Crippen molar-refractivity contribution < 1.29 is 4.74 Å².